The van der Waals surface area contributed by atoms with Crippen molar-refractivity contribution in [2.75, 3.05) is 13.1 Å². The lowest BCUT2D eigenvalue weighted by molar-refractivity contribution is 0.157. The van der Waals surface area contributed by atoms with Crippen LogP contribution in [-0.4, -0.2) is 28.6 Å². The van der Waals surface area contributed by atoms with Crippen molar-refractivity contribution in [2.45, 2.75) is 20.4 Å². The fourth-order valence-corrected chi connectivity index (χ4v) is 4.80. The molecule has 5 aromatic rings. The van der Waals surface area contributed by atoms with Crippen LogP contribution >= 0.6 is 0 Å². The lowest BCUT2D eigenvalue weighted by Crippen LogP contribution is -2.33. The minimum atomic E-state index is -0.700. The molecule has 202 valence electrons. The van der Waals surface area contributed by atoms with E-state index in [1.807, 2.05) is 50.4 Å². The molecule has 0 atom stereocenters. The summed E-state index contributed by atoms with van der Waals surface area (Å²) in [5.41, 5.74) is 4.97. The highest BCUT2D eigenvalue weighted by atomic mass is 19.1. The van der Waals surface area contributed by atoms with E-state index in [4.69, 9.17) is 4.74 Å². The number of amides is 1. The van der Waals surface area contributed by atoms with Gasteiger partial charge in [0.05, 0.1) is 0 Å². The topological polar surface area (TPSA) is 34.5 Å². The SMILES string of the molecule is CCN(CC)C(=O)Oc1ccc2c(ccn2Cc2ccc(C=Cc3ccccc3)cc2)c1-c1cc(F)cc(F)c1. The molecule has 0 N–H and O–H groups in total. The summed E-state index contributed by atoms with van der Waals surface area (Å²) in [5.74, 6) is -1.15. The Bertz CT molecular complexity index is 1630. The Balaban J connectivity index is 1.47. The summed E-state index contributed by atoms with van der Waals surface area (Å²) < 4.78 is 36.3. The van der Waals surface area contributed by atoms with Gasteiger partial charge in [-0.15, -0.1) is 0 Å². The summed E-state index contributed by atoms with van der Waals surface area (Å²) in [5, 5.41) is 0.734. The Hall–Kier alpha value is -4.71. The highest BCUT2D eigenvalue weighted by molar-refractivity contribution is 5.99. The van der Waals surface area contributed by atoms with Gasteiger partial charge in [0.15, 0.2) is 0 Å². The zero-order valence-electron chi connectivity index (χ0n) is 22.5. The van der Waals surface area contributed by atoms with Crippen molar-refractivity contribution in [3.05, 3.63) is 126 Å². The second-order valence-electron chi connectivity index (χ2n) is 9.50. The first-order valence-corrected chi connectivity index (χ1v) is 13.3. The summed E-state index contributed by atoms with van der Waals surface area (Å²) in [4.78, 5) is 14.3. The smallest absolute Gasteiger partial charge is 0.410 e. The molecule has 40 heavy (non-hydrogen) atoms. The highest BCUT2D eigenvalue weighted by Gasteiger charge is 2.20. The zero-order chi connectivity index (χ0) is 28.1. The molecule has 0 spiro atoms. The molecule has 0 bridgehead atoms. The van der Waals surface area contributed by atoms with Gasteiger partial charge in [-0.2, -0.15) is 0 Å². The lowest BCUT2D eigenvalue weighted by atomic mass is 10.00. The van der Waals surface area contributed by atoms with Gasteiger partial charge in [-0.05, 0) is 66.4 Å². The van der Waals surface area contributed by atoms with E-state index in [0.29, 0.717) is 30.8 Å². The fourth-order valence-electron chi connectivity index (χ4n) is 4.80. The fraction of sp³-hybridized carbons (Fsp3) is 0.147. The quantitative estimate of drug-likeness (QED) is 0.186. The van der Waals surface area contributed by atoms with Gasteiger partial charge in [-0.25, -0.2) is 13.6 Å². The molecule has 1 amide bonds. The molecule has 0 aliphatic carbocycles. The summed E-state index contributed by atoms with van der Waals surface area (Å²) in [6.45, 7) is 5.30. The molecule has 0 aliphatic rings. The molecule has 0 unspecified atom stereocenters. The number of halogens is 2. The van der Waals surface area contributed by atoms with E-state index in [1.54, 1.807) is 11.0 Å². The molecule has 0 aliphatic heterocycles. The number of fused-ring (bicyclic) bond motifs is 1. The lowest BCUT2D eigenvalue weighted by Gasteiger charge is -2.20. The number of ether oxygens (including phenoxy) is 1. The monoisotopic (exact) mass is 536 g/mol. The van der Waals surface area contributed by atoms with Crippen molar-refractivity contribution >= 4 is 29.1 Å². The van der Waals surface area contributed by atoms with Gasteiger partial charge in [0, 0.05) is 48.4 Å². The first kappa shape index (κ1) is 26.9. The maximum Gasteiger partial charge on any atom is 0.415 e. The largest absolute Gasteiger partial charge is 0.415 e. The number of carbonyl (C=O) groups is 1. The van der Waals surface area contributed by atoms with Crippen LogP contribution in [0.1, 0.15) is 30.5 Å². The summed E-state index contributed by atoms with van der Waals surface area (Å²) in [7, 11) is 0. The molecule has 0 saturated carbocycles. The van der Waals surface area contributed by atoms with Gasteiger partial charge >= 0.3 is 6.09 Å². The second-order valence-corrected chi connectivity index (χ2v) is 9.50. The molecule has 4 nitrogen and oxygen atoms in total. The summed E-state index contributed by atoms with van der Waals surface area (Å²) in [6.07, 6.45) is 5.58. The van der Waals surface area contributed by atoms with Gasteiger partial charge in [0.2, 0.25) is 0 Å². The maximum absolute atomic E-state index is 14.3. The number of hydrogen-bond acceptors (Lipinski definition) is 2. The molecule has 5 rings (SSSR count). The van der Waals surface area contributed by atoms with Gasteiger partial charge in [-0.3, -0.25) is 0 Å². The Kier molecular flexibility index (Phi) is 8.06. The average Bonchev–Trinajstić information content (AvgIpc) is 3.35. The zero-order valence-corrected chi connectivity index (χ0v) is 22.5. The predicted molar refractivity (Wildman–Crippen MR) is 157 cm³/mol. The Labute approximate surface area is 232 Å². The first-order chi connectivity index (χ1) is 19.4. The normalized spacial score (nSPS) is 11.3. The van der Waals surface area contributed by atoms with E-state index in [0.717, 1.165) is 33.7 Å². The molecular formula is C34H30F2N2O2. The van der Waals surface area contributed by atoms with Crippen LogP contribution in [0.25, 0.3) is 34.2 Å². The van der Waals surface area contributed by atoms with E-state index in [2.05, 4.69) is 53.1 Å². The van der Waals surface area contributed by atoms with Gasteiger partial charge in [0.25, 0.3) is 0 Å². The van der Waals surface area contributed by atoms with E-state index >= 15 is 0 Å². The first-order valence-electron chi connectivity index (χ1n) is 13.3. The Morgan fingerprint density at radius 1 is 0.825 bits per heavy atom. The average molecular weight is 537 g/mol. The van der Waals surface area contributed by atoms with Crippen LogP contribution in [0.3, 0.4) is 0 Å². The van der Waals surface area contributed by atoms with Crippen LogP contribution in [0.5, 0.6) is 5.75 Å². The van der Waals surface area contributed by atoms with Crippen molar-refractivity contribution in [1.29, 1.82) is 0 Å². The predicted octanol–water partition coefficient (Wildman–Crippen LogP) is 8.65. The van der Waals surface area contributed by atoms with Crippen molar-refractivity contribution in [1.82, 2.24) is 9.47 Å². The number of benzene rings is 4. The van der Waals surface area contributed by atoms with Crippen LogP contribution in [0.2, 0.25) is 0 Å². The van der Waals surface area contributed by atoms with E-state index in [-0.39, 0.29) is 5.75 Å². The van der Waals surface area contributed by atoms with Crippen molar-refractivity contribution in [3.63, 3.8) is 0 Å². The van der Waals surface area contributed by atoms with E-state index in [9.17, 15) is 13.6 Å². The number of rotatable bonds is 8. The van der Waals surface area contributed by atoms with Gasteiger partial charge in [-0.1, -0.05) is 66.7 Å². The van der Waals surface area contributed by atoms with Crippen LogP contribution in [0.4, 0.5) is 13.6 Å². The second kappa shape index (κ2) is 12.0. The summed E-state index contributed by atoms with van der Waals surface area (Å²) >= 11 is 0. The van der Waals surface area contributed by atoms with Gasteiger partial charge < -0.3 is 14.2 Å². The van der Waals surface area contributed by atoms with Crippen molar-refractivity contribution in [3.8, 4) is 16.9 Å². The van der Waals surface area contributed by atoms with Crippen molar-refractivity contribution < 1.29 is 18.3 Å². The van der Waals surface area contributed by atoms with Crippen LogP contribution in [0, 0.1) is 11.6 Å². The molecule has 4 aromatic carbocycles. The third-order valence-corrected chi connectivity index (χ3v) is 6.89. The van der Waals surface area contributed by atoms with Gasteiger partial charge in [0.1, 0.15) is 17.4 Å². The Morgan fingerprint density at radius 2 is 1.48 bits per heavy atom. The molecule has 0 saturated heterocycles. The minimum absolute atomic E-state index is 0.252. The number of nitrogens with zero attached hydrogens (tertiary/aromatic N) is 2. The minimum Gasteiger partial charge on any atom is -0.410 e. The molecular weight excluding hydrogens is 506 g/mol. The maximum atomic E-state index is 14.3. The standard InChI is InChI=1S/C34H30F2N2O2/c1-3-37(4-2)34(39)40-32-17-16-31-30(33(32)27-20-28(35)22-29(36)21-27)18-19-38(31)23-26-14-12-25(13-15-26)11-10-24-8-6-5-7-9-24/h5-22H,3-4,23H2,1-2H3. The van der Waals surface area contributed by atoms with E-state index < -0.39 is 17.7 Å². The summed E-state index contributed by atoms with van der Waals surface area (Å²) in [6, 6.07) is 27.2. The van der Waals surface area contributed by atoms with Crippen LogP contribution < -0.4 is 4.74 Å². The number of carbonyl (C=O) groups excluding carboxylic acids is 1. The third-order valence-electron chi connectivity index (χ3n) is 6.89. The number of aromatic nitrogens is 1. The third kappa shape index (κ3) is 5.96. The molecule has 1 heterocycles. The number of hydrogen-bond donors (Lipinski definition) is 0. The van der Waals surface area contributed by atoms with Crippen LogP contribution in [-0.2, 0) is 6.54 Å². The molecule has 0 fully saturated rings. The van der Waals surface area contributed by atoms with E-state index in [1.165, 1.54) is 12.1 Å². The van der Waals surface area contributed by atoms with Crippen LogP contribution in [0.15, 0.2) is 97.2 Å². The molecule has 1 aromatic heterocycles. The highest BCUT2D eigenvalue weighted by Crippen LogP contribution is 2.39. The van der Waals surface area contributed by atoms with Crippen molar-refractivity contribution in [2.24, 2.45) is 0 Å². The molecule has 0 radical (unpaired) electrons. The molecule has 6 heteroatoms. The Morgan fingerprint density at radius 3 is 2.12 bits per heavy atom.